The van der Waals surface area contributed by atoms with Gasteiger partial charge in [-0.15, -0.1) is 0 Å². The van der Waals surface area contributed by atoms with Gasteiger partial charge in [0.05, 0.1) is 0 Å². The molecule has 4 aliphatic rings. The van der Waals surface area contributed by atoms with E-state index in [9.17, 15) is 9.59 Å². The number of hydrogen-bond acceptors (Lipinski definition) is 5. The normalized spacial score (nSPS) is 30.0. The number of carbonyl (C=O) groups excluding carboxylic acids is 2. The quantitative estimate of drug-likeness (QED) is 0.802. The van der Waals surface area contributed by atoms with Gasteiger partial charge in [0.1, 0.15) is 6.10 Å². The van der Waals surface area contributed by atoms with Crippen molar-refractivity contribution in [2.75, 3.05) is 37.9 Å². The molecule has 7 nitrogen and oxygen atoms in total. The first kappa shape index (κ1) is 15.9. The molecule has 0 aromatic heterocycles. The van der Waals surface area contributed by atoms with Crippen LogP contribution in [-0.4, -0.2) is 55.9 Å². The van der Waals surface area contributed by atoms with Crippen LogP contribution in [0.4, 0.5) is 5.69 Å². The summed E-state index contributed by atoms with van der Waals surface area (Å²) in [6, 6.07) is 5.61. The zero-order valence-corrected chi connectivity index (χ0v) is 14.6. The van der Waals surface area contributed by atoms with Crippen LogP contribution in [0.3, 0.4) is 0 Å². The minimum absolute atomic E-state index is 0.0911. The summed E-state index contributed by atoms with van der Waals surface area (Å²) in [5.74, 6) is 1.59. The highest BCUT2D eigenvalue weighted by Gasteiger charge is 2.49. The predicted octanol–water partition coefficient (Wildman–Crippen LogP) is 1.55. The Balaban J connectivity index is 1.31. The first-order chi connectivity index (χ1) is 12.6. The van der Waals surface area contributed by atoms with Gasteiger partial charge in [-0.05, 0) is 31.4 Å². The molecule has 5 rings (SSSR count). The molecule has 1 aromatic carbocycles. The van der Waals surface area contributed by atoms with Crippen molar-refractivity contribution in [1.29, 1.82) is 0 Å². The highest BCUT2D eigenvalue weighted by Crippen LogP contribution is 2.44. The van der Waals surface area contributed by atoms with Gasteiger partial charge in [-0.2, -0.15) is 0 Å². The third kappa shape index (κ3) is 2.53. The Bertz CT molecular complexity index is 760. The van der Waals surface area contributed by atoms with E-state index in [1.165, 1.54) is 0 Å². The summed E-state index contributed by atoms with van der Waals surface area (Å²) in [6.45, 7) is 2.88. The Hall–Kier alpha value is -2.28. The molecule has 2 amide bonds. The Morgan fingerprint density at radius 3 is 2.92 bits per heavy atom. The third-order valence-electron chi connectivity index (χ3n) is 5.94. The number of hydrogen-bond donors (Lipinski definition) is 0. The maximum atomic E-state index is 12.7. The van der Waals surface area contributed by atoms with Gasteiger partial charge in [0.15, 0.2) is 11.5 Å². The summed E-state index contributed by atoms with van der Waals surface area (Å²) >= 11 is 0. The lowest BCUT2D eigenvalue weighted by Gasteiger charge is -2.25. The van der Waals surface area contributed by atoms with Gasteiger partial charge >= 0.3 is 0 Å². The third-order valence-corrected chi connectivity index (χ3v) is 5.94. The average Bonchev–Trinajstić information content (AvgIpc) is 3.42. The molecule has 0 radical (unpaired) electrons. The number of likely N-dealkylation sites (tertiary alicyclic amines) is 1. The van der Waals surface area contributed by atoms with Crippen LogP contribution < -0.4 is 14.4 Å². The number of amides is 2. The molecule has 138 valence electrons. The number of fused-ring (bicyclic) bond motifs is 1. The van der Waals surface area contributed by atoms with E-state index in [1.54, 1.807) is 0 Å². The molecule has 0 saturated carbocycles. The summed E-state index contributed by atoms with van der Waals surface area (Å²) in [5.41, 5.74) is 0.682. The van der Waals surface area contributed by atoms with Crippen LogP contribution in [0.5, 0.6) is 11.5 Å². The number of benzene rings is 1. The molecule has 3 fully saturated rings. The molecular formula is C19H22N2O5. The van der Waals surface area contributed by atoms with E-state index in [1.807, 2.05) is 28.0 Å². The summed E-state index contributed by atoms with van der Waals surface area (Å²) in [4.78, 5) is 29.0. The fraction of sp³-hybridized carbons (Fsp3) is 0.579. The van der Waals surface area contributed by atoms with Crippen LogP contribution in [0.25, 0.3) is 0 Å². The van der Waals surface area contributed by atoms with Gasteiger partial charge in [-0.3, -0.25) is 9.59 Å². The molecule has 1 aromatic rings. The summed E-state index contributed by atoms with van der Waals surface area (Å²) in [7, 11) is 0. The Labute approximate surface area is 151 Å². The van der Waals surface area contributed by atoms with E-state index < -0.39 is 0 Å². The highest BCUT2D eigenvalue weighted by molar-refractivity contribution is 5.97. The molecule has 3 saturated heterocycles. The second-order valence-corrected chi connectivity index (χ2v) is 7.71. The first-order valence-electron chi connectivity index (χ1n) is 9.24. The van der Waals surface area contributed by atoms with E-state index in [0.29, 0.717) is 44.2 Å². The van der Waals surface area contributed by atoms with Gasteiger partial charge in [0.25, 0.3) is 5.91 Å². The van der Waals surface area contributed by atoms with Gasteiger partial charge in [-0.25, -0.2) is 0 Å². The van der Waals surface area contributed by atoms with Crippen molar-refractivity contribution >= 4 is 17.5 Å². The summed E-state index contributed by atoms with van der Waals surface area (Å²) in [5, 5.41) is 0. The van der Waals surface area contributed by atoms with E-state index in [2.05, 4.69) is 0 Å². The van der Waals surface area contributed by atoms with Crippen molar-refractivity contribution in [3.63, 3.8) is 0 Å². The van der Waals surface area contributed by atoms with Gasteiger partial charge in [0, 0.05) is 49.8 Å². The van der Waals surface area contributed by atoms with Crippen molar-refractivity contribution in [2.24, 2.45) is 5.41 Å². The molecule has 0 N–H and O–H groups in total. The smallest absolute Gasteiger partial charge is 0.251 e. The van der Waals surface area contributed by atoms with Gasteiger partial charge in [-0.1, -0.05) is 0 Å². The average molecular weight is 358 g/mol. The van der Waals surface area contributed by atoms with Crippen LogP contribution in [-0.2, 0) is 14.3 Å². The molecule has 4 heterocycles. The van der Waals surface area contributed by atoms with E-state index in [4.69, 9.17) is 14.2 Å². The van der Waals surface area contributed by atoms with Crippen LogP contribution in [0.1, 0.15) is 25.7 Å². The Kier molecular flexibility index (Phi) is 3.60. The molecule has 1 spiro atoms. The highest BCUT2D eigenvalue weighted by atomic mass is 16.7. The number of rotatable bonds is 2. The topological polar surface area (TPSA) is 68.3 Å². The number of nitrogens with zero attached hydrogens (tertiary/aromatic N) is 2. The fourth-order valence-electron chi connectivity index (χ4n) is 4.56. The standard InChI is InChI=1S/C19H22N2O5/c22-17-9-19(5-6-20(10-19)18(23)15-2-1-7-24-15)11-21(17)13-3-4-14-16(8-13)26-12-25-14/h3-4,8,15H,1-2,5-7,9-12H2/t15-,19?/m0/s1. The van der Waals surface area contributed by atoms with Crippen molar-refractivity contribution in [3.8, 4) is 11.5 Å². The molecule has 7 heteroatoms. The second-order valence-electron chi connectivity index (χ2n) is 7.71. The van der Waals surface area contributed by atoms with Gasteiger partial charge in [0.2, 0.25) is 12.7 Å². The van der Waals surface area contributed by atoms with Gasteiger partial charge < -0.3 is 24.0 Å². The maximum absolute atomic E-state index is 12.7. The monoisotopic (exact) mass is 358 g/mol. The minimum atomic E-state index is -0.285. The number of anilines is 1. The molecule has 0 aliphatic carbocycles. The van der Waals surface area contributed by atoms with Crippen molar-refractivity contribution in [2.45, 2.75) is 31.8 Å². The van der Waals surface area contributed by atoms with Crippen LogP contribution >= 0.6 is 0 Å². The Morgan fingerprint density at radius 1 is 1.19 bits per heavy atom. The fourth-order valence-corrected chi connectivity index (χ4v) is 4.56. The zero-order chi connectivity index (χ0) is 17.7. The molecule has 4 aliphatic heterocycles. The largest absolute Gasteiger partial charge is 0.454 e. The first-order valence-corrected chi connectivity index (χ1v) is 9.24. The van der Waals surface area contributed by atoms with Crippen molar-refractivity contribution in [3.05, 3.63) is 18.2 Å². The van der Waals surface area contributed by atoms with E-state index in [0.717, 1.165) is 24.9 Å². The predicted molar refractivity (Wildman–Crippen MR) is 92.1 cm³/mol. The number of carbonyl (C=O) groups is 2. The lowest BCUT2D eigenvalue weighted by molar-refractivity contribution is -0.140. The summed E-state index contributed by atoms with van der Waals surface area (Å²) < 4.78 is 16.3. The number of ether oxygens (including phenoxy) is 3. The molecule has 2 atom stereocenters. The zero-order valence-electron chi connectivity index (χ0n) is 14.6. The molecular weight excluding hydrogens is 336 g/mol. The van der Waals surface area contributed by atoms with Crippen LogP contribution in [0.15, 0.2) is 18.2 Å². The van der Waals surface area contributed by atoms with Crippen LogP contribution in [0, 0.1) is 5.41 Å². The van der Waals surface area contributed by atoms with E-state index >= 15 is 0 Å². The SMILES string of the molecule is O=C([C@@H]1CCCO1)N1CCC2(CC(=O)N(c3ccc4c(c3)OCO4)C2)C1. The summed E-state index contributed by atoms with van der Waals surface area (Å²) in [6.07, 6.45) is 2.82. The maximum Gasteiger partial charge on any atom is 0.251 e. The lowest BCUT2D eigenvalue weighted by Crippen LogP contribution is -2.39. The van der Waals surface area contributed by atoms with Crippen molar-refractivity contribution in [1.82, 2.24) is 4.90 Å². The Morgan fingerprint density at radius 2 is 2.08 bits per heavy atom. The molecule has 1 unspecified atom stereocenters. The van der Waals surface area contributed by atoms with E-state index in [-0.39, 0.29) is 30.1 Å². The van der Waals surface area contributed by atoms with Crippen LogP contribution in [0.2, 0.25) is 0 Å². The second kappa shape index (κ2) is 5.87. The minimum Gasteiger partial charge on any atom is -0.454 e. The molecule has 26 heavy (non-hydrogen) atoms. The lowest BCUT2D eigenvalue weighted by atomic mass is 9.86. The van der Waals surface area contributed by atoms with Crippen molar-refractivity contribution < 1.29 is 23.8 Å². The molecule has 0 bridgehead atoms.